The molecule has 7 nitrogen and oxygen atoms in total. The van der Waals surface area contributed by atoms with E-state index in [1.807, 2.05) is 29.2 Å². The number of fused-ring (bicyclic) bond motifs is 1. The Balaban J connectivity index is 1.21. The lowest BCUT2D eigenvalue weighted by Gasteiger charge is -2.39. The first-order chi connectivity index (χ1) is 17.5. The Labute approximate surface area is 221 Å². The van der Waals surface area contributed by atoms with Gasteiger partial charge in [-0.3, -0.25) is 4.90 Å². The predicted octanol–water partition coefficient (Wildman–Crippen LogP) is 5.12. The van der Waals surface area contributed by atoms with E-state index in [1.165, 1.54) is 55.7 Å². The molecule has 4 heterocycles. The molecule has 1 amide bonds. The molecular weight excluding hydrogens is 498 g/mol. The number of methoxy groups -OCH3 is 1. The van der Waals surface area contributed by atoms with Crippen LogP contribution in [0.3, 0.4) is 0 Å². The number of esters is 1. The lowest BCUT2D eigenvalue weighted by Crippen LogP contribution is -2.48. The highest BCUT2D eigenvalue weighted by Crippen LogP contribution is 2.38. The van der Waals surface area contributed by atoms with Gasteiger partial charge in [-0.2, -0.15) is 0 Å². The van der Waals surface area contributed by atoms with Crippen LogP contribution in [0.2, 0.25) is 5.02 Å². The molecule has 1 atom stereocenters. The molecule has 2 saturated heterocycles. The summed E-state index contributed by atoms with van der Waals surface area (Å²) in [5.74, 6) is -0.332. The summed E-state index contributed by atoms with van der Waals surface area (Å²) in [7, 11) is 1.40. The number of likely N-dealkylation sites (tertiary alicyclic amines) is 2. The van der Waals surface area contributed by atoms with Gasteiger partial charge in [0.2, 0.25) is 0 Å². The maximum absolute atomic E-state index is 12.9. The van der Waals surface area contributed by atoms with Crippen molar-refractivity contribution in [3.63, 3.8) is 0 Å². The molecule has 0 bridgehead atoms. The van der Waals surface area contributed by atoms with E-state index < -0.39 is 6.04 Å². The van der Waals surface area contributed by atoms with Crippen molar-refractivity contribution in [2.75, 3.05) is 39.8 Å². The molecule has 0 radical (unpaired) electrons. The standard InChI is InChI=1S/C27H34ClN3O4S/c1-34-26(32)25(21-7-3-4-8-22(21)28)31-16-11-23-19(18-31)17-24(36-23)35-27(33)30-14-9-20(10-15-30)29-12-5-2-6-13-29/h3-4,7-8,17,20,25H,2,5-6,9-16,18H2,1H3/t25-/m0/s1. The van der Waals surface area contributed by atoms with Crippen LogP contribution in [0.15, 0.2) is 30.3 Å². The number of hydrogen-bond donors (Lipinski definition) is 0. The summed E-state index contributed by atoms with van der Waals surface area (Å²) in [6.07, 6.45) is 6.48. The van der Waals surface area contributed by atoms with Gasteiger partial charge in [-0.05, 0) is 68.5 Å². The van der Waals surface area contributed by atoms with Gasteiger partial charge >= 0.3 is 12.1 Å². The first-order valence-corrected chi connectivity index (χ1v) is 14.1. The van der Waals surface area contributed by atoms with Gasteiger partial charge in [-0.15, -0.1) is 11.3 Å². The molecule has 1 aromatic heterocycles. The van der Waals surface area contributed by atoms with Crippen molar-refractivity contribution in [3.8, 4) is 5.06 Å². The SMILES string of the molecule is COC(=O)[C@H](c1ccccc1Cl)N1CCc2sc(OC(=O)N3CCC(N4CCCCC4)CC3)cc2C1. The fourth-order valence-corrected chi connectivity index (χ4v) is 6.97. The summed E-state index contributed by atoms with van der Waals surface area (Å²) >= 11 is 7.96. The van der Waals surface area contributed by atoms with Crippen LogP contribution in [0, 0.1) is 0 Å². The fraction of sp³-hybridized carbons (Fsp3) is 0.556. The zero-order valence-electron chi connectivity index (χ0n) is 20.8. The zero-order chi connectivity index (χ0) is 25.1. The van der Waals surface area contributed by atoms with E-state index in [4.69, 9.17) is 21.1 Å². The van der Waals surface area contributed by atoms with Crippen LogP contribution in [0.5, 0.6) is 5.06 Å². The van der Waals surface area contributed by atoms with Gasteiger partial charge in [-0.25, -0.2) is 9.59 Å². The fourth-order valence-electron chi connectivity index (χ4n) is 5.73. The van der Waals surface area contributed by atoms with E-state index in [9.17, 15) is 9.59 Å². The minimum atomic E-state index is -0.580. The van der Waals surface area contributed by atoms with Crippen LogP contribution < -0.4 is 4.74 Å². The van der Waals surface area contributed by atoms with Crippen LogP contribution in [-0.4, -0.2) is 72.6 Å². The number of thiophene rings is 1. The number of carbonyl (C=O) groups excluding carboxylic acids is 2. The van der Waals surface area contributed by atoms with E-state index in [0.29, 0.717) is 29.2 Å². The number of amides is 1. The highest BCUT2D eigenvalue weighted by Gasteiger charge is 2.34. The maximum atomic E-state index is 12.9. The summed E-state index contributed by atoms with van der Waals surface area (Å²) in [4.78, 5) is 33.4. The van der Waals surface area contributed by atoms with Crippen molar-refractivity contribution >= 4 is 35.0 Å². The predicted molar refractivity (Wildman–Crippen MR) is 141 cm³/mol. The lowest BCUT2D eigenvalue weighted by molar-refractivity contribution is -0.147. The van der Waals surface area contributed by atoms with Gasteiger partial charge in [0.15, 0.2) is 5.06 Å². The van der Waals surface area contributed by atoms with Gasteiger partial charge in [0.25, 0.3) is 0 Å². The molecule has 0 aliphatic carbocycles. The molecule has 5 rings (SSSR count). The average molecular weight is 532 g/mol. The number of halogens is 1. The molecule has 2 aromatic rings. The van der Waals surface area contributed by atoms with E-state index in [1.54, 1.807) is 6.07 Å². The average Bonchev–Trinajstić information content (AvgIpc) is 3.32. The molecular formula is C27H34ClN3O4S. The van der Waals surface area contributed by atoms with E-state index in [2.05, 4.69) is 9.80 Å². The van der Waals surface area contributed by atoms with Crippen molar-refractivity contribution in [3.05, 3.63) is 51.4 Å². The quantitative estimate of drug-likeness (QED) is 0.499. The second-order valence-electron chi connectivity index (χ2n) is 9.86. The molecule has 0 saturated carbocycles. The van der Waals surface area contributed by atoms with E-state index >= 15 is 0 Å². The highest BCUT2D eigenvalue weighted by atomic mass is 35.5. The molecule has 36 heavy (non-hydrogen) atoms. The molecule has 0 spiro atoms. The molecule has 2 fully saturated rings. The summed E-state index contributed by atoms with van der Waals surface area (Å²) in [5, 5.41) is 1.17. The Morgan fingerprint density at radius 3 is 2.53 bits per heavy atom. The van der Waals surface area contributed by atoms with Crippen molar-refractivity contribution in [1.29, 1.82) is 0 Å². The Kier molecular flexibility index (Phi) is 8.15. The van der Waals surface area contributed by atoms with Crippen molar-refractivity contribution in [1.82, 2.24) is 14.7 Å². The van der Waals surface area contributed by atoms with Gasteiger partial charge in [0.1, 0.15) is 6.04 Å². The number of ether oxygens (including phenoxy) is 2. The largest absolute Gasteiger partial charge is 0.468 e. The van der Waals surface area contributed by atoms with Gasteiger partial charge < -0.3 is 19.3 Å². The second kappa shape index (κ2) is 11.5. The topological polar surface area (TPSA) is 62.3 Å². The van der Waals surface area contributed by atoms with Crippen LogP contribution in [0.4, 0.5) is 4.79 Å². The molecule has 194 valence electrons. The Hall–Kier alpha value is -2.13. The third-order valence-electron chi connectivity index (χ3n) is 7.68. The molecule has 0 unspecified atom stereocenters. The maximum Gasteiger partial charge on any atom is 0.416 e. The van der Waals surface area contributed by atoms with Gasteiger partial charge in [0, 0.05) is 42.1 Å². The number of rotatable bonds is 5. The normalized spacial score (nSPS) is 20.6. The van der Waals surface area contributed by atoms with Crippen LogP contribution in [0.1, 0.15) is 54.1 Å². The summed E-state index contributed by atoms with van der Waals surface area (Å²) in [6, 6.07) is 9.35. The number of hydrogen-bond acceptors (Lipinski definition) is 7. The molecule has 1 aromatic carbocycles. The Morgan fingerprint density at radius 2 is 1.81 bits per heavy atom. The summed E-state index contributed by atoms with van der Waals surface area (Å²) in [5.41, 5.74) is 1.82. The molecule has 9 heteroatoms. The third kappa shape index (κ3) is 5.57. The molecule has 3 aliphatic rings. The monoisotopic (exact) mass is 531 g/mol. The Bertz CT molecular complexity index is 1080. The lowest BCUT2D eigenvalue weighted by atomic mass is 10.0. The smallest absolute Gasteiger partial charge is 0.416 e. The summed E-state index contributed by atoms with van der Waals surface area (Å²) < 4.78 is 10.9. The zero-order valence-corrected chi connectivity index (χ0v) is 22.4. The van der Waals surface area contributed by atoms with Crippen LogP contribution >= 0.6 is 22.9 Å². The minimum Gasteiger partial charge on any atom is -0.468 e. The van der Waals surface area contributed by atoms with E-state index in [0.717, 1.165) is 43.5 Å². The number of nitrogens with zero attached hydrogens (tertiary/aromatic N) is 3. The molecule has 3 aliphatic heterocycles. The number of piperidine rings is 2. The van der Waals surface area contributed by atoms with Crippen LogP contribution in [-0.2, 0) is 22.5 Å². The number of benzene rings is 1. The minimum absolute atomic E-state index is 0.258. The Morgan fingerprint density at radius 1 is 1.06 bits per heavy atom. The van der Waals surface area contributed by atoms with Gasteiger partial charge in [0.05, 0.1) is 7.11 Å². The number of carbonyl (C=O) groups is 2. The first kappa shape index (κ1) is 25.5. The van der Waals surface area contributed by atoms with E-state index in [-0.39, 0.29) is 12.1 Å². The van der Waals surface area contributed by atoms with Crippen molar-refractivity contribution in [2.24, 2.45) is 0 Å². The van der Waals surface area contributed by atoms with Crippen LogP contribution in [0.25, 0.3) is 0 Å². The second-order valence-corrected chi connectivity index (χ2v) is 11.4. The van der Waals surface area contributed by atoms with Crippen molar-refractivity contribution in [2.45, 2.75) is 57.2 Å². The first-order valence-electron chi connectivity index (χ1n) is 12.9. The van der Waals surface area contributed by atoms with Gasteiger partial charge in [-0.1, -0.05) is 36.2 Å². The highest BCUT2D eigenvalue weighted by molar-refractivity contribution is 7.14. The summed E-state index contributed by atoms with van der Waals surface area (Å²) in [6.45, 7) is 5.14. The third-order valence-corrected chi connectivity index (χ3v) is 9.14. The van der Waals surface area contributed by atoms with Crippen molar-refractivity contribution < 1.29 is 19.1 Å². The molecule has 0 N–H and O–H groups in total.